The Morgan fingerprint density at radius 3 is 0.846 bits per heavy atom. The summed E-state index contributed by atoms with van der Waals surface area (Å²) >= 11 is 0. The van der Waals surface area contributed by atoms with E-state index in [0.717, 1.165) is 53.3 Å². The van der Waals surface area contributed by atoms with Crippen molar-refractivity contribution in [3.63, 3.8) is 0 Å². The van der Waals surface area contributed by atoms with Crippen LogP contribution in [0.4, 0.5) is 5.69 Å². The van der Waals surface area contributed by atoms with Crippen LogP contribution >= 0.6 is 0 Å². The lowest BCUT2D eigenvalue weighted by atomic mass is 9.74. The Morgan fingerprint density at radius 2 is 0.538 bits per heavy atom. The SMILES string of the molecule is CC(C)(C)c1ccc(O)cc1C(C)(C)C.CCN(CC)c1ccc(C(C)(C)C)c(C(C)(C)C)c1.COc1cc(C(C)(C)C)c(C(C)(C)C)cc1OC.COc1cc(OC)c(C(C)(C)C)c(C(C)(C)C)c1.COc1ccc(C(C)(C)C)c(C(C)(C)C)c1.COc1ccc(C(C)(C)C)c(C(C)(C)C)c1OC. The Hall–Kier alpha value is -6.48. The van der Waals surface area contributed by atoms with Gasteiger partial charge in [0.05, 0.1) is 49.8 Å². The molecule has 0 spiro atoms. The molecule has 6 rings (SSSR count). The molecule has 9 heteroatoms. The van der Waals surface area contributed by atoms with E-state index < -0.39 is 0 Å². The molecule has 0 radical (unpaired) electrons. The highest BCUT2D eigenvalue weighted by Crippen LogP contribution is 2.47. The smallest absolute Gasteiger partial charge is 0.164 e. The number of rotatable bonds is 10. The summed E-state index contributed by atoms with van der Waals surface area (Å²) in [6, 6.07) is 31.6. The first-order valence-electron chi connectivity index (χ1n) is 38.0. The fraction of sp³-hybridized carbons (Fsp3) is 0.621. The third-order valence-electron chi connectivity index (χ3n) is 18.5. The third kappa shape index (κ3) is 27.7. The van der Waals surface area contributed by atoms with Crippen molar-refractivity contribution < 1.29 is 38.3 Å². The van der Waals surface area contributed by atoms with E-state index >= 15 is 0 Å². The molecule has 0 unspecified atom stereocenters. The number of hydrogen-bond donors (Lipinski definition) is 1. The van der Waals surface area contributed by atoms with Crippen molar-refractivity contribution in [2.45, 2.75) is 328 Å². The molecule has 0 saturated heterocycles. The molecule has 0 aliphatic rings. The number of hydrogen-bond acceptors (Lipinski definition) is 9. The van der Waals surface area contributed by atoms with Gasteiger partial charge in [0.15, 0.2) is 23.0 Å². The Morgan fingerprint density at radius 1 is 0.240 bits per heavy atom. The highest BCUT2D eigenvalue weighted by atomic mass is 16.5. The van der Waals surface area contributed by atoms with Crippen LogP contribution in [0.1, 0.15) is 330 Å². The van der Waals surface area contributed by atoms with E-state index in [1.54, 1.807) is 55.8 Å². The van der Waals surface area contributed by atoms with Crippen molar-refractivity contribution in [3.8, 4) is 46.0 Å². The third-order valence-corrected chi connectivity index (χ3v) is 18.5. The van der Waals surface area contributed by atoms with Crippen LogP contribution in [0.3, 0.4) is 0 Å². The predicted octanol–water partition coefficient (Wildman–Crippen LogP) is 26.3. The van der Waals surface area contributed by atoms with Crippen LogP contribution < -0.4 is 38.1 Å². The number of phenols is 1. The van der Waals surface area contributed by atoms with Gasteiger partial charge < -0.3 is 43.2 Å². The lowest BCUT2D eigenvalue weighted by Gasteiger charge is -2.32. The molecule has 0 heterocycles. The van der Waals surface area contributed by atoms with Crippen molar-refractivity contribution in [3.05, 3.63) is 158 Å². The molecule has 0 aliphatic heterocycles. The second-order valence-corrected chi connectivity index (χ2v) is 40.3. The van der Waals surface area contributed by atoms with Gasteiger partial charge in [-0.05, 0) is 195 Å². The highest BCUT2D eigenvalue weighted by molar-refractivity contribution is 5.58. The molecular formula is C95H155NO8. The molecule has 0 aliphatic carbocycles. The van der Waals surface area contributed by atoms with Crippen LogP contribution in [-0.2, 0) is 65.0 Å². The van der Waals surface area contributed by atoms with E-state index in [1.165, 1.54) is 72.4 Å². The fourth-order valence-corrected chi connectivity index (χ4v) is 13.0. The molecule has 588 valence electrons. The Kier molecular flexibility index (Phi) is 33.4. The van der Waals surface area contributed by atoms with Gasteiger partial charge >= 0.3 is 0 Å². The van der Waals surface area contributed by atoms with Gasteiger partial charge in [0.2, 0.25) is 0 Å². The van der Waals surface area contributed by atoms with E-state index in [0.29, 0.717) is 5.75 Å². The zero-order valence-electron chi connectivity index (χ0n) is 75.3. The molecular weight excluding hydrogens is 1280 g/mol. The first-order valence-corrected chi connectivity index (χ1v) is 38.0. The zero-order chi connectivity index (χ0) is 81.7. The summed E-state index contributed by atoms with van der Waals surface area (Å²) in [7, 11) is 11.9. The van der Waals surface area contributed by atoms with Gasteiger partial charge in [-0.2, -0.15) is 0 Å². The minimum atomic E-state index is 0.0164. The second kappa shape index (κ2) is 36.4. The molecule has 0 atom stereocenters. The van der Waals surface area contributed by atoms with Gasteiger partial charge in [0, 0.05) is 36.0 Å². The molecule has 1 N–H and O–H groups in total. The molecule has 6 aromatic carbocycles. The predicted molar refractivity (Wildman–Crippen MR) is 454 cm³/mol. The van der Waals surface area contributed by atoms with Crippen molar-refractivity contribution in [1.29, 1.82) is 0 Å². The number of ether oxygens (including phenoxy) is 7. The molecule has 104 heavy (non-hydrogen) atoms. The largest absolute Gasteiger partial charge is 0.508 e. The summed E-state index contributed by atoms with van der Waals surface area (Å²) in [5.41, 5.74) is 18.6. The van der Waals surface area contributed by atoms with Crippen molar-refractivity contribution in [2.24, 2.45) is 0 Å². The standard InChI is InChI=1S/C18H31N.3C16H26O2.C15H24O.C14H22O/c1-9-19(10-2)14-11-12-15(17(3,4)5)16(13-14)18(6,7)8;1-15(2,3)11-9-13(17-7)14(18-8)10-12(11)16(4,5)6;1-15(2,3)12-9-11(17-7)10-13(18-8)14(12)16(4,5)6;1-15(2,3)11-9-10-12(17-7)14(18-8)13(11)16(4,5)6;1-14(2,3)12-9-8-11(16-7)10-13(12)15(4,5)6;1-13(2,3)11-8-7-10(15)9-12(11)14(4,5)6/h11-13H,9-10H2,1-8H3;3*9-10H,1-8H3;8-10H,1-7H3;7-9,15H,1-6H3. The van der Waals surface area contributed by atoms with E-state index in [4.69, 9.17) is 33.2 Å². The number of nitrogens with zero attached hydrogens (tertiary/aromatic N) is 1. The normalized spacial score (nSPS) is 12.6. The molecule has 0 aromatic heterocycles. The van der Waals surface area contributed by atoms with Crippen LogP contribution in [0.15, 0.2) is 91.0 Å². The van der Waals surface area contributed by atoms with Crippen LogP contribution in [-0.4, -0.2) is 68.0 Å². The maximum Gasteiger partial charge on any atom is 0.164 e. The van der Waals surface area contributed by atoms with Gasteiger partial charge in [-0.25, -0.2) is 0 Å². The van der Waals surface area contributed by atoms with Gasteiger partial charge in [-0.1, -0.05) is 274 Å². The zero-order valence-corrected chi connectivity index (χ0v) is 75.3. The summed E-state index contributed by atoms with van der Waals surface area (Å²) in [4.78, 5) is 2.42. The van der Waals surface area contributed by atoms with E-state index in [1.807, 2.05) is 24.3 Å². The minimum absolute atomic E-state index is 0.0164. The average molecular weight is 1440 g/mol. The maximum atomic E-state index is 9.57. The van der Waals surface area contributed by atoms with E-state index in [2.05, 4.69) is 329 Å². The van der Waals surface area contributed by atoms with Crippen molar-refractivity contribution in [2.75, 3.05) is 67.8 Å². The number of methoxy groups -OCH3 is 7. The number of phenolic OH excluding ortho intramolecular Hbond substituents is 1. The lowest BCUT2D eigenvalue weighted by Crippen LogP contribution is -2.25. The van der Waals surface area contributed by atoms with Crippen molar-refractivity contribution >= 4 is 5.69 Å². The lowest BCUT2D eigenvalue weighted by molar-refractivity contribution is 0.342. The molecule has 0 amide bonds. The van der Waals surface area contributed by atoms with Crippen LogP contribution in [0.2, 0.25) is 0 Å². The highest BCUT2D eigenvalue weighted by Gasteiger charge is 2.34. The van der Waals surface area contributed by atoms with Gasteiger partial charge in [-0.15, -0.1) is 0 Å². The molecule has 0 fully saturated rings. The molecule has 0 bridgehead atoms. The summed E-state index contributed by atoms with van der Waals surface area (Å²) in [5, 5.41) is 9.57. The van der Waals surface area contributed by atoms with Crippen LogP contribution in [0.25, 0.3) is 0 Å². The maximum absolute atomic E-state index is 9.57. The monoisotopic (exact) mass is 1440 g/mol. The van der Waals surface area contributed by atoms with Crippen LogP contribution in [0.5, 0.6) is 46.0 Å². The van der Waals surface area contributed by atoms with E-state index in [9.17, 15) is 5.11 Å². The first kappa shape index (κ1) is 95.5. The Bertz CT molecular complexity index is 3580. The Balaban J connectivity index is 0.000000625. The number of anilines is 1. The summed E-state index contributed by atoms with van der Waals surface area (Å²) in [6.07, 6.45) is 0. The van der Waals surface area contributed by atoms with Crippen LogP contribution in [0, 0.1) is 0 Å². The fourth-order valence-electron chi connectivity index (χ4n) is 13.0. The minimum Gasteiger partial charge on any atom is -0.508 e. The van der Waals surface area contributed by atoms with Crippen molar-refractivity contribution in [1.82, 2.24) is 0 Å². The van der Waals surface area contributed by atoms with Gasteiger partial charge in [0.25, 0.3) is 0 Å². The molecule has 6 aromatic rings. The quantitative estimate of drug-likeness (QED) is 0.144. The van der Waals surface area contributed by atoms with Gasteiger partial charge in [-0.3, -0.25) is 0 Å². The summed E-state index contributed by atoms with van der Waals surface area (Å²) < 4.78 is 38.1. The topological polar surface area (TPSA) is 88.1 Å². The first-order chi connectivity index (χ1) is 46.7. The summed E-state index contributed by atoms with van der Waals surface area (Å²) in [5.74, 6) is 6.32. The second-order valence-electron chi connectivity index (χ2n) is 40.3. The van der Waals surface area contributed by atoms with Gasteiger partial charge in [0.1, 0.15) is 23.0 Å². The number of benzene rings is 6. The Labute approximate surface area is 640 Å². The number of aromatic hydroxyl groups is 1. The average Bonchev–Trinajstić information content (AvgIpc) is 0.787. The van der Waals surface area contributed by atoms with E-state index in [-0.39, 0.29) is 65.0 Å². The summed E-state index contributed by atoms with van der Waals surface area (Å²) in [6.45, 7) is 87.0. The molecule has 0 saturated carbocycles. The molecule has 9 nitrogen and oxygen atoms in total.